The van der Waals surface area contributed by atoms with Gasteiger partial charge in [0.2, 0.25) is 0 Å². The first-order valence-corrected chi connectivity index (χ1v) is 5.18. The fourth-order valence-corrected chi connectivity index (χ4v) is 1.61. The number of alkyl halides is 4. The maximum Gasteiger partial charge on any atom is 0.461 e. The minimum Gasteiger partial charge on any atom is -0.428 e. The smallest absolute Gasteiger partial charge is 0.428 e. The van der Waals surface area contributed by atoms with Crippen molar-refractivity contribution in [3.8, 4) is 5.75 Å². The van der Waals surface area contributed by atoms with Gasteiger partial charge in [-0.25, -0.2) is 0 Å². The molecule has 1 atom stereocenters. The summed E-state index contributed by atoms with van der Waals surface area (Å²) in [6.07, 6.45) is -7.52. The zero-order valence-electron chi connectivity index (χ0n) is 8.80. The van der Waals surface area contributed by atoms with Crippen molar-refractivity contribution < 1.29 is 22.3 Å². The van der Waals surface area contributed by atoms with Gasteiger partial charge in [0, 0.05) is 11.6 Å². The molecule has 2 rings (SSSR count). The predicted octanol–water partition coefficient (Wildman–Crippen LogP) is 2.96. The number of para-hydroxylation sites is 1. The van der Waals surface area contributed by atoms with Gasteiger partial charge in [0.25, 0.3) is 0 Å². The van der Waals surface area contributed by atoms with Gasteiger partial charge in [0.15, 0.2) is 0 Å². The lowest BCUT2D eigenvalue weighted by Crippen LogP contribution is -2.37. The van der Waals surface area contributed by atoms with Gasteiger partial charge in [-0.1, -0.05) is 18.2 Å². The number of halogens is 4. The van der Waals surface area contributed by atoms with E-state index in [1.807, 2.05) is 0 Å². The molecule has 1 fully saturated rings. The minimum absolute atomic E-state index is 0.0975. The molecule has 1 aliphatic heterocycles. The largest absolute Gasteiger partial charge is 0.461 e. The van der Waals surface area contributed by atoms with E-state index in [1.54, 1.807) is 12.1 Å². The van der Waals surface area contributed by atoms with Crippen molar-refractivity contribution in [2.75, 3.05) is 6.54 Å². The van der Waals surface area contributed by atoms with Crippen LogP contribution in [0.5, 0.6) is 5.75 Å². The van der Waals surface area contributed by atoms with Crippen LogP contribution < -0.4 is 10.1 Å². The second kappa shape index (κ2) is 4.52. The molecule has 1 heterocycles. The van der Waals surface area contributed by atoms with E-state index in [0.29, 0.717) is 5.56 Å². The van der Waals surface area contributed by atoms with E-state index in [9.17, 15) is 17.6 Å². The number of nitrogens with one attached hydrogen (secondary N) is 1. The molecule has 1 N–H and O–H groups in total. The van der Waals surface area contributed by atoms with Crippen molar-refractivity contribution in [3.05, 3.63) is 29.8 Å². The van der Waals surface area contributed by atoms with Gasteiger partial charge in [-0.15, -0.1) is 0 Å². The Morgan fingerprint density at radius 3 is 2.47 bits per heavy atom. The number of hydrogen-bond acceptors (Lipinski definition) is 2. The molecule has 0 spiro atoms. The Kier molecular flexibility index (Phi) is 3.24. The predicted molar refractivity (Wildman–Crippen MR) is 53.4 cm³/mol. The third kappa shape index (κ3) is 2.52. The molecule has 0 radical (unpaired) electrons. The molecule has 0 aromatic heterocycles. The van der Waals surface area contributed by atoms with Gasteiger partial charge < -0.3 is 10.1 Å². The summed E-state index contributed by atoms with van der Waals surface area (Å²) in [6.45, 7) is 0.782. The zero-order valence-corrected chi connectivity index (χ0v) is 8.80. The molecule has 94 valence electrons. The van der Waals surface area contributed by atoms with E-state index in [1.165, 1.54) is 12.1 Å². The zero-order chi connectivity index (χ0) is 12.5. The van der Waals surface area contributed by atoms with Crippen molar-refractivity contribution in [1.82, 2.24) is 5.32 Å². The Morgan fingerprint density at radius 2 is 1.94 bits per heavy atom. The van der Waals surface area contributed by atoms with E-state index in [4.69, 9.17) is 0 Å². The van der Waals surface area contributed by atoms with E-state index in [2.05, 4.69) is 10.1 Å². The van der Waals surface area contributed by atoms with Crippen LogP contribution in [0.2, 0.25) is 0 Å². The van der Waals surface area contributed by atoms with E-state index >= 15 is 0 Å². The van der Waals surface area contributed by atoms with Crippen LogP contribution in [-0.4, -0.2) is 19.1 Å². The molecule has 1 aliphatic rings. The normalized spacial score (nSPS) is 20.2. The van der Waals surface area contributed by atoms with Gasteiger partial charge >= 0.3 is 12.5 Å². The minimum atomic E-state index is -4.46. The second-order valence-corrected chi connectivity index (χ2v) is 3.80. The summed E-state index contributed by atoms with van der Waals surface area (Å²) in [4.78, 5) is 0. The van der Waals surface area contributed by atoms with Gasteiger partial charge in [-0.05, 0) is 19.0 Å². The van der Waals surface area contributed by atoms with E-state index < -0.39 is 12.5 Å². The molecule has 0 amide bonds. The third-order valence-corrected chi connectivity index (χ3v) is 2.62. The van der Waals surface area contributed by atoms with Crippen molar-refractivity contribution in [1.29, 1.82) is 0 Å². The number of ether oxygens (including phenoxy) is 1. The Morgan fingerprint density at radius 1 is 1.29 bits per heavy atom. The maximum atomic E-state index is 12.8. The molecule has 17 heavy (non-hydrogen) atoms. The van der Waals surface area contributed by atoms with Crippen LogP contribution in [0.4, 0.5) is 17.6 Å². The maximum absolute atomic E-state index is 12.8. The highest BCUT2D eigenvalue weighted by Gasteiger charge is 2.44. The number of rotatable bonds is 4. The molecular weight excluding hydrogens is 238 g/mol. The SMILES string of the molecule is FC(F)C(F)(F)Oc1ccccc1[C@H]1CCN1. The highest BCUT2D eigenvalue weighted by atomic mass is 19.3. The van der Waals surface area contributed by atoms with Crippen LogP contribution in [0.1, 0.15) is 18.0 Å². The molecular formula is C11H11F4NO. The van der Waals surface area contributed by atoms with Crippen molar-refractivity contribution >= 4 is 0 Å². The fourth-order valence-electron chi connectivity index (χ4n) is 1.61. The Bertz CT molecular complexity index is 393. The lowest BCUT2D eigenvalue weighted by atomic mass is 9.97. The summed E-state index contributed by atoms with van der Waals surface area (Å²) in [6, 6.07) is 5.89. The first-order chi connectivity index (χ1) is 8.00. The summed E-state index contributed by atoms with van der Waals surface area (Å²) in [5, 5.41) is 3.00. The average Bonchev–Trinajstić information content (AvgIpc) is 2.17. The van der Waals surface area contributed by atoms with Crippen LogP contribution in [0, 0.1) is 0 Å². The summed E-state index contributed by atoms with van der Waals surface area (Å²) < 4.78 is 53.8. The van der Waals surface area contributed by atoms with Crippen LogP contribution in [0.3, 0.4) is 0 Å². The Labute approximate surface area is 95.6 Å². The third-order valence-electron chi connectivity index (χ3n) is 2.62. The molecule has 1 aromatic carbocycles. The monoisotopic (exact) mass is 249 g/mol. The van der Waals surface area contributed by atoms with Gasteiger partial charge in [0.05, 0.1) is 0 Å². The highest BCUT2D eigenvalue weighted by molar-refractivity contribution is 5.37. The molecule has 6 heteroatoms. The van der Waals surface area contributed by atoms with Gasteiger partial charge in [-0.3, -0.25) is 0 Å². The summed E-state index contributed by atoms with van der Waals surface area (Å²) in [7, 11) is 0. The molecule has 0 bridgehead atoms. The van der Waals surface area contributed by atoms with Crippen LogP contribution in [-0.2, 0) is 0 Å². The highest BCUT2D eigenvalue weighted by Crippen LogP contribution is 2.35. The molecule has 2 nitrogen and oxygen atoms in total. The van der Waals surface area contributed by atoms with Crippen LogP contribution in [0.25, 0.3) is 0 Å². The Balaban J connectivity index is 2.20. The lowest BCUT2D eigenvalue weighted by molar-refractivity contribution is -0.253. The second-order valence-electron chi connectivity index (χ2n) is 3.80. The first-order valence-electron chi connectivity index (χ1n) is 5.18. The van der Waals surface area contributed by atoms with Crippen molar-refractivity contribution in [3.63, 3.8) is 0 Å². The molecule has 0 saturated carbocycles. The van der Waals surface area contributed by atoms with E-state index in [0.717, 1.165) is 13.0 Å². The van der Waals surface area contributed by atoms with Gasteiger partial charge in [-0.2, -0.15) is 17.6 Å². The summed E-state index contributed by atoms with van der Waals surface area (Å²) in [5.41, 5.74) is 0.485. The molecule has 0 aliphatic carbocycles. The Hall–Kier alpha value is -1.30. The number of hydrogen-bond donors (Lipinski definition) is 1. The standard InChI is InChI=1S/C11H11F4NO/c12-10(13)11(14,15)17-9-4-2-1-3-7(9)8-5-6-16-8/h1-4,8,10,16H,5-6H2/t8-/m1/s1. The topological polar surface area (TPSA) is 21.3 Å². The summed E-state index contributed by atoms with van der Waals surface area (Å²) >= 11 is 0. The van der Waals surface area contributed by atoms with Crippen LogP contribution >= 0.6 is 0 Å². The van der Waals surface area contributed by atoms with Gasteiger partial charge in [0.1, 0.15) is 5.75 Å². The van der Waals surface area contributed by atoms with E-state index in [-0.39, 0.29) is 11.8 Å². The van der Waals surface area contributed by atoms with Crippen molar-refractivity contribution in [2.24, 2.45) is 0 Å². The lowest BCUT2D eigenvalue weighted by Gasteiger charge is -2.30. The quantitative estimate of drug-likeness (QED) is 0.828. The average molecular weight is 249 g/mol. The molecule has 0 unspecified atom stereocenters. The van der Waals surface area contributed by atoms with Crippen LogP contribution in [0.15, 0.2) is 24.3 Å². The number of benzene rings is 1. The first kappa shape index (κ1) is 12.2. The summed E-state index contributed by atoms with van der Waals surface area (Å²) in [5.74, 6) is -0.199. The fraction of sp³-hybridized carbons (Fsp3) is 0.455. The van der Waals surface area contributed by atoms with Crippen molar-refractivity contribution in [2.45, 2.75) is 25.0 Å². The molecule has 1 saturated heterocycles. The molecule has 1 aromatic rings.